The van der Waals surface area contributed by atoms with Crippen molar-refractivity contribution < 1.29 is 0 Å². The molecule has 0 radical (unpaired) electrons. The monoisotopic (exact) mass is 284 g/mol. The summed E-state index contributed by atoms with van der Waals surface area (Å²) in [6, 6.07) is 1.68. The number of aryl methyl sites for hydroxylation is 1. The van der Waals surface area contributed by atoms with E-state index in [1.54, 1.807) is 19.3 Å². The molecule has 2 rings (SSSR count). The maximum atomic E-state index is 6.19. The number of nitrogens with zero attached hydrogens (tertiary/aromatic N) is 3. The summed E-state index contributed by atoms with van der Waals surface area (Å²) in [5.41, 5.74) is 0.642. The lowest BCUT2D eigenvalue weighted by Gasteiger charge is -2.10. The van der Waals surface area contributed by atoms with Crippen LogP contribution in [0.15, 0.2) is 18.5 Å². The maximum Gasteiger partial charge on any atom is 0.160 e. The summed E-state index contributed by atoms with van der Waals surface area (Å²) >= 11 is 12.2. The predicted molar refractivity (Wildman–Crippen MR) is 75.3 cm³/mol. The van der Waals surface area contributed by atoms with E-state index in [-0.39, 0.29) is 0 Å². The van der Waals surface area contributed by atoms with Crippen molar-refractivity contribution in [2.75, 3.05) is 12.4 Å². The Morgan fingerprint density at radius 2 is 2.11 bits per heavy atom. The van der Waals surface area contributed by atoms with Crippen molar-refractivity contribution in [2.24, 2.45) is 0 Å². The van der Waals surface area contributed by atoms with E-state index in [1.807, 2.05) is 10.8 Å². The van der Waals surface area contributed by atoms with E-state index in [0.717, 1.165) is 18.8 Å². The Morgan fingerprint density at radius 1 is 1.33 bits per heavy atom. The Balaban J connectivity index is 2.52. The molecule has 18 heavy (non-hydrogen) atoms. The minimum Gasteiger partial charge on any atom is -0.372 e. The first kappa shape index (κ1) is 13.2. The molecule has 2 aromatic heterocycles. The number of hydrogen-bond donors (Lipinski definition) is 1. The molecule has 0 saturated heterocycles. The highest BCUT2D eigenvalue weighted by atomic mass is 35.5. The number of nitrogens with one attached hydrogen (secondary N) is 1. The van der Waals surface area contributed by atoms with Crippen molar-refractivity contribution in [3.63, 3.8) is 0 Å². The van der Waals surface area contributed by atoms with Crippen LogP contribution in [-0.4, -0.2) is 21.6 Å². The average molecular weight is 285 g/mol. The number of aromatic nitrogens is 3. The summed E-state index contributed by atoms with van der Waals surface area (Å²) in [6.45, 7) is 2.99. The quantitative estimate of drug-likeness (QED) is 0.931. The van der Waals surface area contributed by atoms with Gasteiger partial charge in [-0.25, -0.2) is 9.97 Å². The number of halogens is 2. The van der Waals surface area contributed by atoms with E-state index in [0.29, 0.717) is 21.6 Å². The van der Waals surface area contributed by atoms with Crippen molar-refractivity contribution in [3.8, 4) is 11.5 Å². The van der Waals surface area contributed by atoms with Gasteiger partial charge in [0.15, 0.2) is 5.82 Å². The van der Waals surface area contributed by atoms with Gasteiger partial charge >= 0.3 is 0 Å². The molecule has 0 fully saturated rings. The fraction of sp³-hybridized carbons (Fsp3) is 0.333. The van der Waals surface area contributed by atoms with Crippen LogP contribution >= 0.6 is 23.2 Å². The molecular formula is C12H14Cl2N4. The summed E-state index contributed by atoms with van der Waals surface area (Å²) in [6.07, 6.45) is 4.69. The molecule has 96 valence electrons. The van der Waals surface area contributed by atoms with Crippen molar-refractivity contribution >= 4 is 29.0 Å². The van der Waals surface area contributed by atoms with Crippen molar-refractivity contribution in [2.45, 2.75) is 19.9 Å². The smallest absolute Gasteiger partial charge is 0.160 e. The fourth-order valence-electron chi connectivity index (χ4n) is 1.75. The van der Waals surface area contributed by atoms with E-state index >= 15 is 0 Å². The van der Waals surface area contributed by atoms with E-state index in [9.17, 15) is 0 Å². The molecule has 0 saturated carbocycles. The van der Waals surface area contributed by atoms with E-state index in [4.69, 9.17) is 23.2 Å². The third kappa shape index (κ3) is 2.44. The molecule has 6 heteroatoms. The average Bonchev–Trinajstić information content (AvgIpc) is 2.78. The molecule has 0 atom stereocenters. The number of anilines is 1. The van der Waals surface area contributed by atoms with Gasteiger partial charge in [0, 0.05) is 26.0 Å². The fourth-order valence-corrected chi connectivity index (χ4v) is 2.28. The van der Waals surface area contributed by atoms with Gasteiger partial charge in [-0.1, -0.05) is 30.1 Å². The van der Waals surface area contributed by atoms with Gasteiger partial charge in [-0.15, -0.1) is 0 Å². The Labute approximate surface area is 116 Å². The van der Waals surface area contributed by atoms with Gasteiger partial charge in [-0.3, -0.25) is 0 Å². The lowest BCUT2D eigenvalue weighted by molar-refractivity contribution is 0.684. The molecule has 0 spiro atoms. The second-order valence-electron chi connectivity index (χ2n) is 3.84. The highest BCUT2D eigenvalue weighted by Gasteiger charge is 2.14. The van der Waals surface area contributed by atoms with Crippen LogP contribution in [0, 0.1) is 0 Å². The third-order valence-corrected chi connectivity index (χ3v) is 3.13. The number of imidazole rings is 1. The van der Waals surface area contributed by atoms with Crippen LogP contribution in [0.3, 0.4) is 0 Å². The predicted octanol–water partition coefficient (Wildman–Crippen LogP) is 3.70. The SMILES string of the molecule is CCCn1ccnc1-c1nc(NC)c(Cl)cc1Cl. The van der Waals surface area contributed by atoms with Crippen molar-refractivity contribution in [3.05, 3.63) is 28.5 Å². The molecule has 4 nitrogen and oxygen atoms in total. The number of hydrogen-bond acceptors (Lipinski definition) is 3. The Kier molecular flexibility index (Phi) is 4.09. The second kappa shape index (κ2) is 5.59. The topological polar surface area (TPSA) is 42.7 Å². The van der Waals surface area contributed by atoms with Gasteiger partial charge in [0.05, 0.1) is 10.0 Å². The van der Waals surface area contributed by atoms with Crippen LogP contribution in [-0.2, 0) is 6.54 Å². The van der Waals surface area contributed by atoms with Crippen LogP contribution in [0.4, 0.5) is 5.82 Å². The van der Waals surface area contributed by atoms with Gasteiger partial charge in [0.1, 0.15) is 11.5 Å². The first-order valence-corrected chi connectivity index (χ1v) is 6.48. The molecular weight excluding hydrogens is 271 g/mol. The highest BCUT2D eigenvalue weighted by molar-refractivity contribution is 6.37. The molecule has 0 aliphatic carbocycles. The zero-order valence-corrected chi connectivity index (χ0v) is 11.8. The minimum absolute atomic E-state index is 0.500. The summed E-state index contributed by atoms with van der Waals surface area (Å²) < 4.78 is 2.03. The van der Waals surface area contributed by atoms with Gasteiger partial charge in [-0.2, -0.15) is 0 Å². The molecule has 0 aromatic carbocycles. The van der Waals surface area contributed by atoms with E-state index < -0.39 is 0 Å². The summed E-state index contributed by atoms with van der Waals surface area (Å²) in [5, 5.41) is 3.94. The maximum absolute atomic E-state index is 6.19. The van der Waals surface area contributed by atoms with Gasteiger partial charge in [-0.05, 0) is 12.5 Å². The van der Waals surface area contributed by atoms with E-state index in [2.05, 4.69) is 22.2 Å². The van der Waals surface area contributed by atoms with Crippen molar-refractivity contribution in [1.29, 1.82) is 0 Å². The minimum atomic E-state index is 0.500. The summed E-state index contributed by atoms with van der Waals surface area (Å²) in [7, 11) is 1.77. The normalized spacial score (nSPS) is 10.7. The molecule has 2 aromatic rings. The van der Waals surface area contributed by atoms with Crippen LogP contribution in [0.25, 0.3) is 11.5 Å². The van der Waals surface area contributed by atoms with Gasteiger partial charge in [0.2, 0.25) is 0 Å². The summed E-state index contributed by atoms with van der Waals surface area (Å²) in [5.74, 6) is 1.36. The second-order valence-corrected chi connectivity index (χ2v) is 4.66. The number of rotatable bonds is 4. The number of pyridine rings is 1. The first-order valence-electron chi connectivity index (χ1n) is 5.72. The first-order chi connectivity index (χ1) is 8.67. The van der Waals surface area contributed by atoms with Crippen LogP contribution in [0.2, 0.25) is 10.0 Å². The Hall–Kier alpha value is -1.26. The lowest BCUT2D eigenvalue weighted by atomic mass is 10.3. The zero-order valence-electron chi connectivity index (χ0n) is 10.2. The van der Waals surface area contributed by atoms with Crippen LogP contribution in [0.5, 0.6) is 0 Å². The largest absolute Gasteiger partial charge is 0.372 e. The van der Waals surface area contributed by atoms with Crippen molar-refractivity contribution in [1.82, 2.24) is 14.5 Å². The molecule has 0 unspecified atom stereocenters. The molecule has 2 heterocycles. The van der Waals surface area contributed by atoms with Gasteiger partial charge in [0.25, 0.3) is 0 Å². The molecule has 1 N–H and O–H groups in total. The van der Waals surface area contributed by atoms with E-state index in [1.165, 1.54) is 0 Å². The molecule has 0 bridgehead atoms. The molecule has 0 aliphatic rings. The lowest BCUT2D eigenvalue weighted by Crippen LogP contribution is -2.02. The standard InChI is InChI=1S/C12H14Cl2N4/c1-3-5-18-6-4-16-12(18)10-8(13)7-9(14)11(15-2)17-10/h4,6-7H,3,5H2,1-2H3,(H,15,17). The van der Waals surface area contributed by atoms with Crippen LogP contribution in [0.1, 0.15) is 13.3 Å². The molecule has 0 aliphatic heterocycles. The van der Waals surface area contributed by atoms with Gasteiger partial charge < -0.3 is 9.88 Å². The third-order valence-electron chi connectivity index (χ3n) is 2.56. The zero-order chi connectivity index (χ0) is 13.1. The summed E-state index contributed by atoms with van der Waals surface area (Å²) in [4.78, 5) is 8.73. The highest BCUT2D eigenvalue weighted by Crippen LogP contribution is 2.31. The molecule has 0 amide bonds. The Bertz CT molecular complexity index is 551. The Morgan fingerprint density at radius 3 is 2.78 bits per heavy atom. The van der Waals surface area contributed by atoms with Crippen LogP contribution < -0.4 is 5.32 Å².